The molecule has 584 valence electrons. The number of oxazole rings is 2. The topological polar surface area (TPSA) is 52.1 Å². The lowest BCUT2D eigenvalue weighted by Crippen LogP contribution is -2.28. The molecule has 2 aromatic heterocycles. The number of nitrogens with zero attached hydrogens (tertiary/aromatic N) is 2. The Hall–Kier alpha value is -15.9. The molecule has 0 aliphatic heterocycles. The fourth-order valence-corrected chi connectivity index (χ4v) is 20.2. The van der Waals surface area contributed by atoms with Gasteiger partial charge in [-0.2, -0.15) is 4.39 Å². The lowest BCUT2D eigenvalue weighted by molar-refractivity contribution is 0.411. The van der Waals surface area contributed by atoms with Crippen molar-refractivity contribution < 1.29 is 26.4 Å². The Kier molecular flexibility index (Phi) is 17.4. The Morgan fingerprint density at radius 1 is 0.202 bits per heavy atom. The average molecular weight is 1600 g/mol. The minimum absolute atomic E-state index is 0.145. The molecule has 124 heavy (non-hydrogen) atoms. The summed E-state index contributed by atoms with van der Waals surface area (Å²) in [5.41, 5.74) is 28.6. The molecule has 0 unspecified atom stereocenters. The molecular formula is C116H70F4N2O2. The summed E-state index contributed by atoms with van der Waals surface area (Å²) in [5.74, 6) is -6.63. The number of fused-ring (bicyclic) bond motifs is 12. The van der Waals surface area contributed by atoms with Crippen LogP contribution in [0.15, 0.2) is 433 Å². The lowest BCUT2D eigenvalue weighted by Gasteiger charge is -2.34. The third-order valence-electron chi connectivity index (χ3n) is 25.5. The minimum atomic E-state index is -1.93. The van der Waals surface area contributed by atoms with E-state index in [1.54, 1.807) is 12.1 Å². The van der Waals surface area contributed by atoms with Crippen LogP contribution in [0.1, 0.15) is 44.5 Å². The fourth-order valence-electron chi connectivity index (χ4n) is 20.2. The summed E-state index contributed by atoms with van der Waals surface area (Å²) in [6, 6.07) is 152. The highest BCUT2D eigenvalue weighted by atomic mass is 19.2. The van der Waals surface area contributed by atoms with Gasteiger partial charge in [-0.05, 0) is 225 Å². The number of hydrogen-bond donors (Lipinski definition) is 0. The van der Waals surface area contributed by atoms with Gasteiger partial charge >= 0.3 is 0 Å². The van der Waals surface area contributed by atoms with Crippen molar-refractivity contribution in [2.45, 2.75) is 10.8 Å². The van der Waals surface area contributed by atoms with Crippen molar-refractivity contribution in [1.82, 2.24) is 9.97 Å². The molecule has 0 saturated heterocycles. The van der Waals surface area contributed by atoms with E-state index in [1.165, 1.54) is 105 Å². The maximum Gasteiger partial charge on any atom is 0.227 e. The average Bonchev–Trinajstić information content (AvgIpc) is 1.53. The maximum atomic E-state index is 14.2. The molecule has 0 bridgehead atoms. The van der Waals surface area contributed by atoms with Gasteiger partial charge in [-0.3, -0.25) is 0 Å². The number of benzene rings is 20. The van der Waals surface area contributed by atoms with Crippen molar-refractivity contribution in [3.05, 3.63) is 492 Å². The van der Waals surface area contributed by atoms with Crippen molar-refractivity contribution in [2.24, 2.45) is 0 Å². The van der Waals surface area contributed by atoms with E-state index < -0.39 is 45.2 Å². The number of halogens is 4. The predicted molar refractivity (Wildman–Crippen MR) is 496 cm³/mol. The van der Waals surface area contributed by atoms with Gasteiger partial charge < -0.3 is 8.83 Å². The first-order valence-corrected chi connectivity index (χ1v) is 41.7. The molecule has 20 aromatic carbocycles. The molecular weight excluding hydrogens is 1530 g/mol. The second-order valence-corrected chi connectivity index (χ2v) is 32.0. The first-order chi connectivity index (χ1) is 61.2. The zero-order valence-electron chi connectivity index (χ0n) is 66.6. The SMILES string of the molecule is Fc1c(F)c(F)c2oc(-c3ccc(-c4c5ccccc5c(-c5ccccc5)c5ccccc45)cc3)nc2c1F.c1ccc(-c2c3ccccc3c(-c3ccc(-c4nc5cc(-c6ccc7c(c6)C(c6ccccc6)(c6ccccc6)c6ccccc6-7)c(-c6ccc7c(c6)C(c6ccccc6)(c6ccccc6)c6ccccc6-7)cc5o4)cc3)c3ccccc23)cc1. The van der Waals surface area contributed by atoms with Gasteiger partial charge in [0.15, 0.2) is 28.3 Å². The summed E-state index contributed by atoms with van der Waals surface area (Å²) < 4.78 is 68.1. The van der Waals surface area contributed by atoms with Crippen LogP contribution in [0.25, 0.3) is 177 Å². The normalized spacial score (nSPS) is 12.8. The van der Waals surface area contributed by atoms with Crippen LogP contribution in [0.4, 0.5) is 17.6 Å². The summed E-state index contributed by atoms with van der Waals surface area (Å²) >= 11 is 0. The maximum absolute atomic E-state index is 14.2. The van der Waals surface area contributed by atoms with Crippen LogP contribution in [0.5, 0.6) is 0 Å². The van der Waals surface area contributed by atoms with Crippen molar-refractivity contribution >= 4 is 65.3 Å². The Balaban J connectivity index is 0.000000190. The van der Waals surface area contributed by atoms with E-state index in [4.69, 9.17) is 13.8 Å². The zero-order valence-corrected chi connectivity index (χ0v) is 66.6. The highest BCUT2D eigenvalue weighted by Gasteiger charge is 2.48. The summed E-state index contributed by atoms with van der Waals surface area (Å²) in [4.78, 5) is 9.31. The first-order valence-electron chi connectivity index (χ1n) is 41.7. The van der Waals surface area contributed by atoms with E-state index in [0.717, 1.165) is 88.3 Å². The van der Waals surface area contributed by atoms with Crippen molar-refractivity contribution in [3.8, 4) is 112 Å². The minimum Gasteiger partial charge on any atom is -0.436 e. The number of hydrogen-bond acceptors (Lipinski definition) is 4. The number of aromatic nitrogens is 2. The van der Waals surface area contributed by atoms with Crippen molar-refractivity contribution in [3.63, 3.8) is 0 Å². The summed E-state index contributed by atoms with van der Waals surface area (Å²) in [7, 11) is 0. The molecule has 2 aliphatic rings. The molecule has 4 nitrogen and oxygen atoms in total. The summed E-state index contributed by atoms with van der Waals surface area (Å²) in [6.07, 6.45) is 0. The van der Waals surface area contributed by atoms with Gasteiger partial charge in [0.1, 0.15) is 5.52 Å². The predicted octanol–water partition coefficient (Wildman–Crippen LogP) is 30.9. The molecule has 0 fully saturated rings. The molecule has 2 aliphatic carbocycles. The van der Waals surface area contributed by atoms with Crippen molar-refractivity contribution in [1.29, 1.82) is 0 Å². The van der Waals surface area contributed by atoms with Crippen LogP contribution in [-0.4, -0.2) is 9.97 Å². The smallest absolute Gasteiger partial charge is 0.227 e. The highest BCUT2D eigenvalue weighted by molar-refractivity contribution is 6.23. The Bertz CT molecular complexity index is 7540. The second-order valence-electron chi connectivity index (χ2n) is 32.0. The summed E-state index contributed by atoms with van der Waals surface area (Å²) in [5, 5.41) is 9.25. The monoisotopic (exact) mass is 1600 g/mol. The van der Waals surface area contributed by atoms with E-state index in [1.807, 2.05) is 54.6 Å². The second kappa shape index (κ2) is 29.5. The van der Waals surface area contributed by atoms with Gasteiger partial charge in [0.2, 0.25) is 23.4 Å². The van der Waals surface area contributed by atoms with Gasteiger partial charge in [0, 0.05) is 11.1 Å². The zero-order chi connectivity index (χ0) is 82.7. The van der Waals surface area contributed by atoms with E-state index in [9.17, 15) is 17.6 Å². The molecule has 0 atom stereocenters. The van der Waals surface area contributed by atoms with E-state index in [2.05, 4.69) is 363 Å². The van der Waals surface area contributed by atoms with Crippen LogP contribution in [0.3, 0.4) is 0 Å². The largest absolute Gasteiger partial charge is 0.436 e. The first kappa shape index (κ1) is 73.3. The molecule has 0 amide bonds. The van der Waals surface area contributed by atoms with Gasteiger partial charge in [-0.1, -0.05) is 376 Å². The molecule has 0 saturated carbocycles. The highest BCUT2D eigenvalue weighted by Crippen LogP contribution is 2.60. The molecule has 0 radical (unpaired) electrons. The Morgan fingerprint density at radius 3 is 0.855 bits per heavy atom. The van der Waals surface area contributed by atoms with Crippen LogP contribution >= 0.6 is 0 Å². The van der Waals surface area contributed by atoms with E-state index in [-0.39, 0.29) is 5.89 Å². The van der Waals surface area contributed by atoms with E-state index >= 15 is 0 Å². The molecule has 2 heterocycles. The van der Waals surface area contributed by atoms with Crippen LogP contribution in [-0.2, 0) is 10.8 Å². The van der Waals surface area contributed by atoms with Gasteiger partial charge in [0.05, 0.1) is 10.8 Å². The molecule has 22 aromatic rings. The number of rotatable bonds is 12. The molecule has 8 heteroatoms. The van der Waals surface area contributed by atoms with Gasteiger partial charge in [-0.25, -0.2) is 23.1 Å². The third-order valence-corrected chi connectivity index (χ3v) is 25.5. The molecule has 0 N–H and O–H groups in total. The van der Waals surface area contributed by atoms with Gasteiger partial charge in [-0.15, -0.1) is 0 Å². The van der Waals surface area contributed by atoms with Crippen LogP contribution in [0.2, 0.25) is 0 Å². The Morgan fingerprint density at radius 2 is 0.484 bits per heavy atom. The lowest BCUT2D eigenvalue weighted by atomic mass is 9.67. The molecule has 0 spiro atoms. The van der Waals surface area contributed by atoms with E-state index in [0.29, 0.717) is 11.5 Å². The van der Waals surface area contributed by atoms with Crippen molar-refractivity contribution in [2.75, 3.05) is 0 Å². The summed E-state index contributed by atoms with van der Waals surface area (Å²) in [6.45, 7) is 0. The quantitative estimate of drug-likeness (QED) is 0.0529. The molecule has 24 rings (SSSR count). The van der Waals surface area contributed by atoms with Crippen LogP contribution < -0.4 is 0 Å². The van der Waals surface area contributed by atoms with Gasteiger partial charge in [0.25, 0.3) is 0 Å². The third kappa shape index (κ3) is 11.4. The Labute approximate surface area is 712 Å². The standard InChI is InChI=1S/C83H53NO.C33H17F4NO/c1-6-24-54(25-7-1)79-67-36-16-18-38-69(67)80(70-39-19-17-37-68(70)79)55-42-44-56(45-43-55)81-84-77-52-71(57-46-48-65-63-34-20-22-40-73(63)82(75(65)50-57,59-26-8-2-9-27-59)60-28-10-3-11-29-60)72(53-78(77)85-81)58-47-49-66-64-35-21-23-41-74(64)83(76(66)51-58,61-30-12-4-13-31-61)62-32-14-5-15-33-62;34-27-28(35)30(37)32-31(29(27)36)38-33(39-32)20-16-14-19(15-17-20)26-23-12-6-4-10-21(23)25(18-8-2-1-3-9-18)22-11-5-7-13-24(22)26/h1-53H;1-17H. The van der Waals surface area contributed by atoms with Crippen LogP contribution in [0, 0.1) is 23.3 Å². The fraction of sp³-hybridized carbons (Fsp3) is 0.0172.